The third-order valence-corrected chi connectivity index (χ3v) is 4.62. The molecule has 0 saturated heterocycles. The van der Waals surface area contributed by atoms with Gasteiger partial charge in [-0.15, -0.1) is 11.3 Å². The van der Waals surface area contributed by atoms with Gasteiger partial charge in [-0.1, -0.05) is 18.2 Å². The van der Waals surface area contributed by atoms with Crippen LogP contribution in [0.3, 0.4) is 0 Å². The van der Waals surface area contributed by atoms with Gasteiger partial charge in [0.2, 0.25) is 5.91 Å². The fourth-order valence-corrected chi connectivity index (χ4v) is 3.43. The van der Waals surface area contributed by atoms with Gasteiger partial charge in [0.25, 0.3) is 0 Å². The van der Waals surface area contributed by atoms with Gasteiger partial charge < -0.3 is 4.90 Å². The van der Waals surface area contributed by atoms with E-state index in [1.54, 1.807) is 41.5 Å². The Morgan fingerprint density at radius 2 is 2.05 bits per heavy atom. The summed E-state index contributed by atoms with van der Waals surface area (Å²) in [6, 6.07) is 10.6. The van der Waals surface area contributed by atoms with E-state index in [1.807, 2.05) is 12.1 Å². The number of hydrogen-bond donors (Lipinski definition) is 0. The molecule has 20 heavy (non-hydrogen) atoms. The lowest BCUT2D eigenvalue weighted by Gasteiger charge is -2.16. The summed E-state index contributed by atoms with van der Waals surface area (Å²) in [4.78, 5) is 14.8. The van der Waals surface area contributed by atoms with Gasteiger partial charge in [-0.05, 0) is 46.1 Å². The van der Waals surface area contributed by atoms with Crippen LogP contribution in [0.15, 0.2) is 40.2 Å². The molecule has 1 amide bonds. The summed E-state index contributed by atoms with van der Waals surface area (Å²) in [6.45, 7) is 0.590. The molecule has 0 spiro atoms. The highest BCUT2D eigenvalue weighted by Crippen LogP contribution is 2.23. The van der Waals surface area contributed by atoms with Crippen molar-refractivity contribution in [3.05, 3.63) is 56.4 Å². The minimum atomic E-state index is -0.245. The van der Waals surface area contributed by atoms with E-state index >= 15 is 0 Å². The van der Waals surface area contributed by atoms with Crippen LogP contribution in [0.4, 0.5) is 4.39 Å². The van der Waals surface area contributed by atoms with Crippen LogP contribution < -0.4 is 0 Å². The van der Waals surface area contributed by atoms with E-state index in [4.69, 9.17) is 0 Å². The van der Waals surface area contributed by atoms with Crippen LogP contribution in [0, 0.1) is 5.82 Å². The molecule has 0 atom stereocenters. The van der Waals surface area contributed by atoms with Crippen molar-refractivity contribution in [1.29, 1.82) is 0 Å². The molecule has 0 radical (unpaired) electrons. The van der Waals surface area contributed by atoms with Gasteiger partial charge in [-0.25, -0.2) is 4.39 Å². The first kappa shape index (κ1) is 15.2. The van der Waals surface area contributed by atoms with Crippen molar-refractivity contribution < 1.29 is 9.18 Å². The van der Waals surface area contributed by atoms with Crippen LogP contribution in [0.25, 0.3) is 0 Å². The van der Waals surface area contributed by atoms with Gasteiger partial charge in [0.15, 0.2) is 0 Å². The number of thiophene rings is 1. The van der Waals surface area contributed by atoms with E-state index < -0.39 is 0 Å². The lowest BCUT2D eigenvalue weighted by molar-refractivity contribution is -0.130. The fraction of sp³-hybridized carbons (Fsp3) is 0.267. The summed E-state index contributed by atoms with van der Waals surface area (Å²) in [7, 11) is 1.78. The molecular weight excluding hydrogens is 341 g/mol. The Labute approximate surface area is 130 Å². The Balaban J connectivity index is 1.87. The number of aryl methyl sites for hydroxylation is 1. The van der Waals surface area contributed by atoms with E-state index in [0.717, 1.165) is 8.66 Å². The average molecular weight is 356 g/mol. The zero-order valence-corrected chi connectivity index (χ0v) is 13.5. The number of nitrogens with zero attached hydrogens (tertiary/aromatic N) is 1. The SMILES string of the molecule is CN(Cc1ccc(Br)s1)C(=O)CCc1ccccc1F. The van der Waals surface area contributed by atoms with Gasteiger partial charge in [-0.2, -0.15) is 0 Å². The topological polar surface area (TPSA) is 20.3 Å². The minimum Gasteiger partial charge on any atom is -0.341 e. The van der Waals surface area contributed by atoms with Gasteiger partial charge in [0.1, 0.15) is 5.82 Å². The van der Waals surface area contributed by atoms with E-state index in [1.165, 1.54) is 6.07 Å². The third-order valence-electron chi connectivity index (χ3n) is 3.01. The van der Waals surface area contributed by atoms with Crippen molar-refractivity contribution in [1.82, 2.24) is 4.90 Å². The predicted molar refractivity (Wildman–Crippen MR) is 83.2 cm³/mol. The van der Waals surface area contributed by atoms with Crippen LogP contribution in [0.2, 0.25) is 0 Å². The molecule has 106 valence electrons. The highest BCUT2D eigenvalue weighted by Gasteiger charge is 2.11. The molecular formula is C15H15BrFNOS. The Hall–Kier alpha value is -1.20. The molecule has 2 rings (SSSR count). The highest BCUT2D eigenvalue weighted by atomic mass is 79.9. The van der Waals surface area contributed by atoms with Gasteiger partial charge in [-0.3, -0.25) is 4.79 Å². The molecule has 2 aromatic rings. The molecule has 0 saturated carbocycles. The lowest BCUT2D eigenvalue weighted by Crippen LogP contribution is -2.26. The number of rotatable bonds is 5. The van der Waals surface area contributed by atoms with Crippen LogP contribution in [0.5, 0.6) is 0 Å². The average Bonchev–Trinajstić information content (AvgIpc) is 2.82. The van der Waals surface area contributed by atoms with Crippen molar-refractivity contribution in [2.75, 3.05) is 7.05 Å². The largest absolute Gasteiger partial charge is 0.341 e. The second-order valence-corrected chi connectivity index (χ2v) is 7.09. The van der Waals surface area contributed by atoms with Crippen LogP contribution in [-0.2, 0) is 17.8 Å². The van der Waals surface area contributed by atoms with Crippen LogP contribution in [0.1, 0.15) is 16.9 Å². The van der Waals surface area contributed by atoms with E-state index in [9.17, 15) is 9.18 Å². The number of carbonyl (C=O) groups is 1. The van der Waals surface area contributed by atoms with E-state index in [0.29, 0.717) is 24.9 Å². The van der Waals surface area contributed by atoms with Gasteiger partial charge in [0.05, 0.1) is 10.3 Å². The first-order chi connectivity index (χ1) is 9.56. The fourth-order valence-electron chi connectivity index (χ4n) is 1.89. The Bertz CT molecular complexity index is 599. The first-order valence-corrected chi connectivity index (χ1v) is 7.89. The molecule has 0 fully saturated rings. The Morgan fingerprint density at radius 3 is 2.70 bits per heavy atom. The normalized spacial score (nSPS) is 10.6. The molecule has 0 aliphatic carbocycles. The summed E-state index contributed by atoms with van der Waals surface area (Å²) < 4.78 is 14.5. The second kappa shape index (κ2) is 6.99. The molecule has 0 unspecified atom stereocenters. The molecule has 0 aliphatic rings. The maximum Gasteiger partial charge on any atom is 0.222 e. The molecule has 0 bridgehead atoms. The predicted octanol–water partition coefficient (Wildman–Crippen LogP) is 4.24. The van der Waals surface area contributed by atoms with E-state index in [-0.39, 0.29) is 11.7 Å². The van der Waals surface area contributed by atoms with Crippen molar-refractivity contribution in [3.63, 3.8) is 0 Å². The summed E-state index contributed by atoms with van der Waals surface area (Å²) in [5, 5.41) is 0. The number of benzene rings is 1. The maximum atomic E-state index is 13.5. The number of amides is 1. The van der Waals surface area contributed by atoms with Crippen molar-refractivity contribution in [2.45, 2.75) is 19.4 Å². The molecule has 1 aromatic carbocycles. The molecule has 1 heterocycles. The van der Waals surface area contributed by atoms with Crippen LogP contribution >= 0.6 is 27.3 Å². The Morgan fingerprint density at radius 1 is 1.30 bits per heavy atom. The Kier molecular flexibility index (Phi) is 5.31. The second-order valence-electron chi connectivity index (χ2n) is 4.55. The molecule has 5 heteroatoms. The first-order valence-electron chi connectivity index (χ1n) is 6.28. The minimum absolute atomic E-state index is 0.0257. The summed E-state index contributed by atoms with van der Waals surface area (Å²) >= 11 is 5.01. The summed E-state index contributed by atoms with van der Waals surface area (Å²) in [6.07, 6.45) is 0.758. The monoisotopic (exact) mass is 355 g/mol. The van der Waals surface area contributed by atoms with Gasteiger partial charge >= 0.3 is 0 Å². The molecule has 2 nitrogen and oxygen atoms in total. The van der Waals surface area contributed by atoms with Crippen molar-refractivity contribution in [3.8, 4) is 0 Å². The van der Waals surface area contributed by atoms with Crippen LogP contribution in [-0.4, -0.2) is 17.9 Å². The van der Waals surface area contributed by atoms with Crippen molar-refractivity contribution in [2.24, 2.45) is 0 Å². The van der Waals surface area contributed by atoms with Gasteiger partial charge in [0, 0.05) is 18.3 Å². The number of halogens is 2. The summed E-state index contributed by atoms with van der Waals surface area (Å²) in [5.41, 5.74) is 0.591. The molecule has 0 aliphatic heterocycles. The number of carbonyl (C=O) groups excluding carboxylic acids is 1. The lowest BCUT2D eigenvalue weighted by atomic mass is 10.1. The van der Waals surface area contributed by atoms with E-state index in [2.05, 4.69) is 15.9 Å². The zero-order chi connectivity index (χ0) is 14.5. The number of hydrogen-bond acceptors (Lipinski definition) is 2. The molecule has 0 N–H and O–H groups in total. The third kappa shape index (κ3) is 4.15. The highest BCUT2D eigenvalue weighted by molar-refractivity contribution is 9.11. The maximum absolute atomic E-state index is 13.5. The zero-order valence-electron chi connectivity index (χ0n) is 11.1. The standard InChI is InChI=1S/C15H15BrFNOS/c1-18(10-12-7-8-14(16)20-12)15(19)9-6-11-4-2-3-5-13(11)17/h2-5,7-8H,6,9-10H2,1H3. The molecule has 1 aromatic heterocycles. The summed E-state index contributed by atoms with van der Waals surface area (Å²) in [5.74, 6) is -0.220. The van der Waals surface area contributed by atoms with Crippen molar-refractivity contribution >= 4 is 33.2 Å². The quantitative estimate of drug-likeness (QED) is 0.785. The smallest absolute Gasteiger partial charge is 0.222 e.